The zero-order valence-electron chi connectivity index (χ0n) is 11.0. The van der Waals surface area contributed by atoms with Crippen LogP contribution in [0.1, 0.15) is 54.2 Å². The predicted molar refractivity (Wildman–Crippen MR) is 72.2 cm³/mol. The molecule has 0 aliphatic carbocycles. The maximum absolute atomic E-state index is 11.9. The summed E-state index contributed by atoms with van der Waals surface area (Å²) in [5.74, 6) is 1.38. The second-order valence-corrected chi connectivity index (χ2v) is 4.93. The largest absolute Gasteiger partial charge is 0.291 e. The van der Waals surface area contributed by atoms with Crippen LogP contribution in [-0.4, -0.2) is 20.5 Å². The van der Waals surface area contributed by atoms with E-state index in [4.69, 9.17) is 0 Å². The fraction of sp³-hybridized carbons (Fsp3) is 0.400. The van der Waals surface area contributed by atoms with E-state index in [1.54, 1.807) is 0 Å². The van der Waals surface area contributed by atoms with Crippen molar-refractivity contribution in [2.45, 2.75) is 38.6 Å². The molecule has 98 valence electrons. The number of hydrogen-bond donors (Lipinski definition) is 0. The van der Waals surface area contributed by atoms with Crippen LogP contribution in [0.25, 0.3) is 0 Å². The van der Waals surface area contributed by atoms with Crippen molar-refractivity contribution in [1.82, 2.24) is 14.8 Å². The van der Waals surface area contributed by atoms with Gasteiger partial charge in [0, 0.05) is 12.8 Å². The van der Waals surface area contributed by atoms with E-state index in [-0.39, 0.29) is 11.8 Å². The first-order chi connectivity index (χ1) is 9.29. The minimum Gasteiger partial charge on any atom is -0.291 e. The molecule has 1 aromatic carbocycles. The molecule has 3 rings (SSSR count). The molecule has 2 aromatic rings. The van der Waals surface area contributed by atoms with Gasteiger partial charge in [-0.2, -0.15) is 0 Å². The Morgan fingerprint density at radius 1 is 1.37 bits per heavy atom. The summed E-state index contributed by atoms with van der Waals surface area (Å²) in [6, 6.07) is 10.5. The number of Topliss-reactive ketones (excluding diaryl/α,β-unsaturated/α-hetero) is 1. The van der Waals surface area contributed by atoms with Crippen LogP contribution in [0.3, 0.4) is 0 Å². The molecule has 0 N–H and O–H groups in total. The molecule has 1 aliphatic rings. The quantitative estimate of drug-likeness (QED) is 0.789. The number of benzene rings is 1. The number of ketones is 1. The zero-order valence-corrected chi connectivity index (χ0v) is 11.0. The molecule has 0 saturated carbocycles. The van der Waals surface area contributed by atoms with Gasteiger partial charge in [-0.25, -0.2) is 9.67 Å². The lowest BCUT2D eigenvalue weighted by Gasteiger charge is -2.11. The minimum absolute atomic E-state index is 0.0520. The van der Waals surface area contributed by atoms with E-state index in [0.29, 0.717) is 12.2 Å². The number of fused-ring (bicyclic) bond motifs is 1. The third kappa shape index (κ3) is 2.18. The van der Waals surface area contributed by atoms with Crippen molar-refractivity contribution in [3.05, 3.63) is 47.5 Å². The van der Waals surface area contributed by atoms with E-state index >= 15 is 0 Å². The molecule has 1 unspecified atom stereocenters. The highest BCUT2D eigenvalue weighted by atomic mass is 16.1. The van der Waals surface area contributed by atoms with Gasteiger partial charge in [-0.1, -0.05) is 37.3 Å². The molecule has 0 bridgehead atoms. The molecule has 1 atom stereocenters. The van der Waals surface area contributed by atoms with Gasteiger partial charge in [-0.15, -0.1) is 5.10 Å². The Kier molecular flexibility index (Phi) is 3.15. The monoisotopic (exact) mass is 255 g/mol. The Balaban J connectivity index is 1.90. The highest BCUT2D eigenvalue weighted by molar-refractivity contribution is 5.92. The van der Waals surface area contributed by atoms with Gasteiger partial charge in [0.05, 0.1) is 6.04 Å². The van der Waals surface area contributed by atoms with Crippen molar-refractivity contribution in [2.75, 3.05) is 0 Å². The van der Waals surface area contributed by atoms with E-state index in [1.165, 1.54) is 5.56 Å². The Labute approximate surface area is 112 Å². The summed E-state index contributed by atoms with van der Waals surface area (Å²) >= 11 is 0. The summed E-state index contributed by atoms with van der Waals surface area (Å²) < 4.78 is 1.93. The first-order valence-electron chi connectivity index (χ1n) is 6.83. The average Bonchev–Trinajstić information content (AvgIpc) is 2.99. The highest BCUT2D eigenvalue weighted by Gasteiger charge is 2.28. The van der Waals surface area contributed by atoms with E-state index in [1.807, 2.05) is 29.8 Å². The number of aryl methyl sites for hydroxylation is 1. The number of rotatable bonds is 4. The topological polar surface area (TPSA) is 47.8 Å². The van der Waals surface area contributed by atoms with Crippen molar-refractivity contribution in [3.8, 4) is 0 Å². The minimum atomic E-state index is 0.0520. The molecule has 1 aliphatic heterocycles. The van der Waals surface area contributed by atoms with Crippen molar-refractivity contribution in [3.63, 3.8) is 0 Å². The van der Waals surface area contributed by atoms with Crippen LogP contribution in [0.5, 0.6) is 0 Å². The fourth-order valence-corrected chi connectivity index (χ4v) is 2.60. The van der Waals surface area contributed by atoms with Crippen LogP contribution >= 0.6 is 0 Å². The molecule has 0 amide bonds. The van der Waals surface area contributed by atoms with Crippen molar-refractivity contribution in [2.24, 2.45) is 0 Å². The molecule has 0 saturated heterocycles. The number of nitrogens with zero attached hydrogens (tertiary/aromatic N) is 3. The number of carbonyl (C=O) groups is 1. The van der Waals surface area contributed by atoms with Gasteiger partial charge in [0.2, 0.25) is 11.6 Å². The second-order valence-electron chi connectivity index (χ2n) is 4.93. The highest BCUT2D eigenvalue weighted by Crippen LogP contribution is 2.30. The fourth-order valence-electron chi connectivity index (χ4n) is 2.60. The average molecular weight is 255 g/mol. The van der Waals surface area contributed by atoms with Gasteiger partial charge in [0.25, 0.3) is 0 Å². The van der Waals surface area contributed by atoms with E-state index < -0.39 is 0 Å². The summed E-state index contributed by atoms with van der Waals surface area (Å²) in [6.45, 7) is 1.99. The van der Waals surface area contributed by atoms with Gasteiger partial charge in [0.1, 0.15) is 5.82 Å². The van der Waals surface area contributed by atoms with Gasteiger partial charge < -0.3 is 0 Å². The predicted octanol–water partition coefficient (Wildman–Crippen LogP) is 2.80. The lowest BCUT2D eigenvalue weighted by atomic mass is 10.1. The number of aromatic nitrogens is 3. The first kappa shape index (κ1) is 12.1. The molecule has 4 nitrogen and oxygen atoms in total. The van der Waals surface area contributed by atoms with E-state index in [2.05, 4.69) is 22.2 Å². The van der Waals surface area contributed by atoms with Gasteiger partial charge >= 0.3 is 0 Å². The normalized spacial score (nSPS) is 17.4. The smallest absolute Gasteiger partial charge is 0.217 e. The lowest BCUT2D eigenvalue weighted by Crippen LogP contribution is -2.09. The molecule has 0 fully saturated rings. The molecule has 19 heavy (non-hydrogen) atoms. The molecule has 0 radical (unpaired) electrons. The number of hydrogen-bond acceptors (Lipinski definition) is 3. The molecule has 1 aromatic heterocycles. The van der Waals surface area contributed by atoms with Crippen LogP contribution < -0.4 is 0 Å². The van der Waals surface area contributed by atoms with Crippen LogP contribution in [0, 0.1) is 0 Å². The van der Waals surface area contributed by atoms with Crippen molar-refractivity contribution >= 4 is 5.78 Å². The molecule has 4 heteroatoms. The molecule has 0 spiro atoms. The Morgan fingerprint density at radius 2 is 2.16 bits per heavy atom. The third-order valence-electron chi connectivity index (χ3n) is 3.55. The standard InChI is InChI=1S/C15H17N3O/c1-2-6-13(19)15-16-14-10-9-12(18(14)17-15)11-7-4-3-5-8-11/h3-5,7-8,12H,2,6,9-10H2,1H3. The number of carbonyl (C=O) groups excluding carboxylic acids is 1. The summed E-state index contributed by atoms with van der Waals surface area (Å²) in [5, 5.41) is 4.42. The Hall–Kier alpha value is -1.97. The summed E-state index contributed by atoms with van der Waals surface area (Å²) in [7, 11) is 0. The summed E-state index contributed by atoms with van der Waals surface area (Å²) in [4.78, 5) is 16.2. The first-order valence-corrected chi connectivity index (χ1v) is 6.83. The van der Waals surface area contributed by atoms with Crippen LogP contribution in [0.2, 0.25) is 0 Å². The van der Waals surface area contributed by atoms with Crippen LogP contribution in [-0.2, 0) is 6.42 Å². The maximum atomic E-state index is 11.9. The molecule has 2 heterocycles. The zero-order chi connectivity index (χ0) is 13.2. The molecular weight excluding hydrogens is 238 g/mol. The van der Waals surface area contributed by atoms with Gasteiger partial charge in [0.15, 0.2) is 0 Å². The van der Waals surface area contributed by atoms with Crippen molar-refractivity contribution < 1.29 is 4.79 Å². The van der Waals surface area contributed by atoms with Crippen molar-refractivity contribution in [1.29, 1.82) is 0 Å². The van der Waals surface area contributed by atoms with Gasteiger partial charge in [-0.05, 0) is 18.4 Å². The lowest BCUT2D eigenvalue weighted by molar-refractivity contribution is 0.0971. The van der Waals surface area contributed by atoms with E-state index in [9.17, 15) is 4.79 Å². The summed E-state index contributed by atoms with van der Waals surface area (Å²) in [5.41, 5.74) is 1.24. The summed E-state index contributed by atoms with van der Waals surface area (Å²) in [6.07, 6.45) is 3.28. The molecular formula is C15H17N3O. The van der Waals surface area contributed by atoms with E-state index in [0.717, 1.165) is 25.1 Å². The van der Waals surface area contributed by atoms with Crippen LogP contribution in [0.15, 0.2) is 30.3 Å². The maximum Gasteiger partial charge on any atom is 0.217 e. The third-order valence-corrected chi connectivity index (χ3v) is 3.55. The van der Waals surface area contributed by atoms with Crippen LogP contribution in [0.4, 0.5) is 0 Å². The Bertz CT molecular complexity index is 589. The Morgan fingerprint density at radius 3 is 2.89 bits per heavy atom. The second kappa shape index (κ2) is 4.96. The van der Waals surface area contributed by atoms with Gasteiger partial charge in [-0.3, -0.25) is 4.79 Å². The SMILES string of the molecule is CCCC(=O)c1nc2n(n1)C(c1ccccc1)CC2.